The summed E-state index contributed by atoms with van der Waals surface area (Å²) in [6.45, 7) is 2.77. The van der Waals surface area contributed by atoms with E-state index in [0.29, 0.717) is 10.9 Å². The van der Waals surface area contributed by atoms with Crippen LogP contribution in [0.25, 0.3) is 0 Å². The van der Waals surface area contributed by atoms with E-state index in [9.17, 15) is 10.1 Å². The first-order valence-corrected chi connectivity index (χ1v) is 6.27. The molecule has 2 atom stereocenters. The Morgan fingerprint density at radius 2 is 2.29 bits per heavy atom. The number of rotatable bonds is 3. The third-order valence-electron chi connectivity index (χ3n) is 2.72. The van der Waals surface area contributed by atoms with E-state index in [-0.39, 0.29) is 11.8 Å². The zero-order valence-electron chi connectivity index (χ0n) is 9.46. The maximum Gasteiger partial charge on any atom is 0.272 e. The lowest BCUT2D eigenvalue weighted by Gasteiger charge is -2.13. The van der Waals surface area contributed by atoms with E-state index in [1.54, 1.807) is 23.9 Å². The van der Waals surface area contributed by atoms with Crippen LogP contribution >= 0.6 is 11.8 Å². The van der Waals surface area contributed by atoms with Crippen LogP contribution in [-0.4, -0.2) is 22.9 Å². The average Bonchev–Trinajstić information content (AvgIpc) is 2.63. The fourth-order valence-corrected chi connectivity index (χ4v) is 3.05. The fourth-order valence-electron chi connectivity index (χ4n) is 1.82. The van der Waals surface area contributed by atoms with E-state index < -0.39 is 4.92 Å². The van der Waals surface area contributed by atoms with E-state index in [4.69, 9.17) is 10.5 Å². The topological polar surface area (TPSA) is 78.4 Å². The van der Waals surface area contributed by atoms with Gasteiger partial charge in [0.15, 0.2) is 0 Å². The van der Waals surface area contributed by atoms with Crippen LogP contribution in [0.3, 0.4) is 0 Å². The molecule has 2 unspecified atom stereocenters. The van der Waals surface area contributed by atoms with Crippen molar-refractivity contribution in [1.29, 1.82) is 0 Å². The number of nitrogens with two attached hydrogens (primary N) is 1. The molecule has 5 nitrogen and oxygen atoms in total. The molecule has 0 bridgehead atoms. The molecule has 0 amide bonds. The van der Waals surface area contributed by atoms with Gasteiger partial charge in [-0.3, -0.25) is 10.1 Å². The number of hydrogen-bond donors (Lipinski definition) is 1. The Hall–Kier alpha value is -1.27. The Morgan fingerprint density at radius 1 is 1.53 bits per heavy atom. The number of thioether (sulfide) groups is 1. The summed E-state index contributed by atoms with van der Waals surface area (Å²) in [7, 11) is 0. The molecule has 6 heteroatoms. The number of nitrogen functional groups attached to an aromatic ring is 1. The molecular weight excluding hydrogens is 240 g/mol. The van der Waals surface area contributed by atoms with Crippen LogP contribution in [-0.2, 0) is 4.74 Å². The van der Waals surface area contributed by atoms with Gasteiger partial charge in [0.25, 0.3) is 5.69 Å². The first-order chi connectivity index (χ1) is 8.06. The zero-order chi connectivity index (χ0) is 12.4. The van der Waals surface area contributed by atoms with Crippen LogP contribution in [0.5, 0.6) is 0 Å². The third kappa shape index (κ3) is 2.89. The minimum absolute atomic E-state index is 0.0408. The van der Waals surface area contributed by atoms with Crippen molar-refractivity contribution in [2.24, 2.45) is 0 Å². The van der Waals surface area contributed by atoms with Crippen molar-refractivity contribution in [3.8, 4) is 0 Å². The van der Waals surface area contributed by atoms with E-state index in [0.717, 1.165) is 17.9 Å². The van der Waals surface area contributed by atoms with Gasteiger partial charge in [0.2, 0.25) is 0 Å². The number of hydrogen-bond acceptors (Lipinski definition) is 5. The van der Waals surface area contributed by atoms with E-state index in [2.05, 4.69) is 0 Å². The first kappa shape index (κ1) is 12.2. The Labute approximate surface area is 103 Å². The summed E-state index contributed by atoms with van der Waals surface area (Å²) in [5.74, 6) is 0. The quantitative estimate of drug-likeness (QED) is 0.509. The molecule has 0 aromatic heterocycles. The van der Waals surface area contributed by atoms with Crippen LogP contribution in [0.1, 0.15) is 13.3 Å². The number of ether oxygens (including phenoxy) is 1. The van der Waals surface area contributed by atoms with Gasteiger partial charge in [-0.1, -0.05) is 0 Å². The molecule has 1 heterocycles. The SMILES string of the molecule is CC1OCCC1Sc1cc(N)cc([N+](=O)[O-])c1. The van der Waals surface area contributed by atoms with Crippen molar-refractivity contribution in [2.75, 3.05) is 12.3 Å². The van der Waals surface area contributed by atoms with Gasteiger partial charge in [0, 0.05) is 34.6 Å². The Morgan fingerprint density at radius 3 is 2.88 bits per heavy atom. The monoisotopic (exact) mass is 254 g/mol. The summed E-state index contributed by atoms with van der Waals surface area (Å²) in [5, 5.41) is 11.1. The van der Waals surface area contributed by atoms with Crippen molar-refractivity contribution in [2.45, 2.75) is 29.6 Å². The van der Waals surface area contributed by atoms with E-state index in [1.165, 1.54) is 6.07 Å². The second-order valence-corrected chi connectivity index (χ2v) is 5.35. The van der Waals surface area contributed by atoms with Gasteiger partial charge >= 0.3 is 0 Å². The Kier molecular flexibility index (Phi) is 3.54. The van der Waals surface area contributed by atoms with E-state index >= 15 is 0 Å². The van der Waals surface area contributed by atoms with Crippen molar-refractivity contribution >= 4 is 23.1 Å². The summed E-state index contributed by atoms with van der Waals surface area (Å²) in [6, 6.07) is 4.70. The molecule has 1 aromatic rings. The highest BCUT2D eigenvalue weighted by atomic mass is 32.2. The van der Waals surface area contributed by atoms with Crippen molar-refractivity contribution in [3.05, 3.63) is 28.3 Å². The number of nitro benzene ring substituents is 1. The molecule has 17 heavy (non-hydrogen) atoms. The Balaban J connectivity index is 2.17. The van der Waals surface area contributed by atoms with Gasteiger partial charge in [-0.05, 0) is 19.4 Å². The summed E-state index contributed by atoms with van der Waals surface area (Å²) < 4.78 is 5.46. The van der Waals surface area contributed by atoms with Gasteiger partial charge in [-0.15, -0.1) is 11.8 Å². The number of non-ortho nitro benzene ring substituents is 1. The maximum atomic E-state index is 10.7. The first-order valence-electron chi connectivity index (χ1n) is 5.39. The predicted octanol–water partition coefficient (Wildman–Crippen LogP) is 2.45. The molecule has 0 spiro atoms. The van der Waals surface area contributed by atoms with Crippen LogP contribution < -0.4 is 5.73 Å². The zero-order valence-corrected chi connectivity index (χ0v) is 10.3. The third-order valence-corrected chi connectivity index (χ3v) is 4.15. The summed E-state index contributed by atoms with van der Waals surface area (Å²) in [5.41, 5.74) is 6.12. The second kappa shape index (κ2) is 4.93. The largest absolute Gasteiger partial charge is 0.398 e. The molecule has 0 radical (unpaired) electrons. The fraction of sp³-hybridized carbons (Fsp3) is 0.455. The highest BCUT2D eigenvalue weighted by Crippen LogP contribution is 2.35. The minimum atomic E-state index is -0.422. The van der Waals surface area contributed by atoms with Gasteiger partial charge in [-0.2, -0.15) is 0 Å². The van der Waals surface area contributed by atoms with E-state index in [1.807, 2.05) is 6.92 Å². The van der Waals surface area contributed by atoms with Gasteiger partial charge in [0.1, 0.15) is 0 Å². The van der Waals surface area contributed by atoms with Gasteiger partial charge in [-0.25, -0.2) is 0 Å². The second-order valence-electron chi connectivity index (χ2n) is 4.04. The molecule has 0 saturated carbocycles. The molecule has 92 valence electrons. The Bertz CT molecular complexity index is 439. The normalized spacial score (nSPS) is 23.8. The molecule has 1 saturated heterocycles. The molecule has 0 aliphatic carbocycles. The number of nitrogens with zero attached hydrogens (tertiary/aromatic N) is 1. The molecule has 2 rings (SSSR count). The van der Waals surface area contributed by atoms with Crippen LogP contribution in [0.4, 0.5) is 11.4 Å². The number of nitro groups is 1. The van der Waals surface area contributed by atoms with Crippen molar-refractivity contribution in [1.82, 2.24) is 0 Å². The van der Waals surface area contributed by atoms with Crippen molar-refractivity contribution in [3.63, 3.8) is 0 Å². The molecule has 1 fully saturated rings. The summed E-state index contributed by atoms with van der Waals surface area (Å²) >= 11 is 1.60. The van der Waals surface area contributed by atoms with Gasteiger partial charge < -0.3 is 10.5 Å². The highest BCUT2D eigenvalue weighted by molar-refractivity contribution is 8.00. The molecule has 1 aliphatic rings. The van der Waals surface area contributed by atoms with Gasteiger partial charge in [0.05, 0.1) is 11.0 Å². The van der Waals surface area contributed by atoms with Crippen LogP contribution in [0.15, 0.2) is 23.1 Å². The lowest BCUT2D eigenvalue weighted by Crippen LogP contribution is -2.13. The summed E-state index contributed by atoms with van der Waals surface area (Å²) in [4.78, 5) is 11.1. The lowest BCUT2D eigenvalue weighted by molar-refractivity contribution is -0.385. The van der Waals surface area contributed by atoms with Crippen LogP contribution in [0.2, 0.25) is 0 Å². The predicted molar refractivity (Wildman–Crippen MR) is 67.2 cm³/mol. The van der Waals surface area contributed by atoms with Crippen molar-refractivity contribution < 1.29 is 9.66 Å². The molecule has 1 aliphatic heterocycles. The lowest BCUT2D eigenvalue weighted by atomic mass is 10.2. The number of anilines is 1. The summed E-state index contributed by atoms with van der Waals surface area (Å²) in [6.07, 6.45) is 1.15. The molecule has 2 N–H and O–H groups in total. The standard InChI is InChI=1S/C11H14N2O3S/c1-7-11(2-3-16-7)17-10-5-8(12)4-9(6-10)13(14)15/h4-7,11H,2-3,12H2,1H3. The smallest absolute Gasteiger partial charge is 0.272 e. The maximum absolute atomic E-state index is 10.7. The molecular formula is C11H14N2O3S. The van der Waals surface area contributed by atoms with Crippen LogP contribution in [0, 0.1) is 10.1 Å². The highest BCUT2D eigenvalue weighted by Gasteiger charge is 2.25. The molecule has 1 aromatic carbocycles. The average molecular weight is 254 g/mol. The number of benzene rings is 1. The minimum Gasteiger partial charge on any atom is -0.398 e.